The Morgan fingerprint density at radius 1 is 1.44 bits per heavy atom. The van der Waals surface area contributed by atoms with Crippen LogP contribution in [-0.4, -0.2) is 37.3 Å². The van der Waals surface area contributed by atoms with E-state index in [9.17, 15) is 8.42 Å². The summed E-state index contributed by atoms with van der Waals surface area (Å²) in [6.07, 6.45) is -0.432. The van der Waals surface area contributed by atoms with Gasteiger partial charge in [-0.2, -0.15) is 4.31 Å². The molecular formula is C9H14N2O4S. The number of hydrogen-bond acceptors (Lipinski definition) is 5. The predicted molar refractivity (Wildman–Crippen MR) is 55.3 cm³/mol. The molecule has 1 fully saturated rings. The lowest BCUT2D eigenvalue weighted by Crippen LogP contribution is -2.34. The molecule has 0 aromatic carbocycles. The van der Waals surface area contributed by atoms with Crippen LogP contribution in [0, 0.1) is 13.8 Å². The minimum Gasteiger partial charge on any atom is -0.361 e. The zero-order chi connectivity index (χ0) is 11.9. The fraction of sp³-hybridized carbons (Fsp3) is 0.667. The molecular weight excluding hydrogens is 232 g/mol. The molecule has 1 unspecified atom stereocenters. The first-order chi connectivity index (χ1) is 7.44. The van der Waals surface area contributed by atoms with Crippen molar-refractivity contribution in [1.29, 1.82) is 0 Å². The quantitative estimate of drug-likeness (QED) is 0.766. The highest BCUT2D eigenvalue weighted by molar-refractivity contribution is 7.89. The summed E-state index contributed by atoms with van der Waals surface area (Å²) in [5, 5.41) is 3.66. The molecule has 2 heterocycles. The second kappa shape index (κ2) is 3.83. The van der Waals surface area contributed by atoms with Gasteiger partial charge in [0.2, 0.25) is 0 Å². The molecule has 0 radical (unpaired) electrons. The Balaban J connectivity index is 2.47. The van der Waals surface area contributed by atoms with Crippen LogP contribution in [0.25, 0.3) is 0 Å². The van der Waals surface area contributed by atoms with Crippen molar-refractivity contribution >= 4 is 10.0 Å². The van der Waals surface area contributed by atoms with Gasteiger partial charge < -0.3 is 9.26 Å². The van der Waals surface area contributed by atoms with Gasteiger partial charge in [0, 0.05) is 6.54 Å². The molecule has 0 saturated carbocycles. The first-order valence-corrected chi connectivity index (χ1v) is 6.45. The fourth-order valence-corrected chi connectivity index (χ4v) is 3.67. The summed E-state index contributed by atoms with van der Waals surface area (Å²) in [4.78, 5) is 0.157. The fourth-order valence-electron chi connectivity index (χ4n) is 1.85. The molecule has 90 valence electrons. The number of sulfonamides is 1. The summed E-state index contributed by atoms with van der Waals surface area (Å²) in [5.41, 5.74) is 0.386. The number of aromatic nitrogens is 1. The van der Waals surface area contributed by atoms with Crippen molar-refractivity contribution in [3.63, 3.8) is 0 Å². The summed E-state index contributed by atoms with van der Waals surface area (Å²) < 4.78 is 36.0. The Morgan fingerprint density at radius 3 is 2.56 bits per heavy atom. The number of rotatable bonds is 2. The highest BCUT2D eigenvalue weighted by Gasteiger charge is 2.37. The zero-order valence-electron chi connectivity index (χ0n) is 9.43. The normalized spacial score (nSPS) is 22.8. The van der Waals surface area contributed by atoms with E-state index in [2.05, 4.69) is 5.16 Å². The maximum Gasteiger partial charge on any atom is 0.250 e. The largest absolute Gasteiger partial charge is 0.361 e. The molecule has 0 N–H and O–H groups in total. The second-order valence-corrected chi connectivity index (χ2v) is 5.57. The number of nitrogens with zero attached hydrogens (tertiary/aromatic N) is 2. The van der Waals surface area contributed by atoms with Gasteiger partial charge in [-0.1, -0.05) is 5.16 Å². The number of hydrogen-bond donors (Lipinski definition) is 0. The van der Waals surface area contributed by atoms with Crippen molar-refractivity contribution in [1.82, 2.24) is 9.46 Å². The summed E-state index contributed by atoms with van der Waals surface area (Å²) in [5.74, 6) is 0.316. The van der Waals surface area contributed by atoms with E-state index in [1.165, 1.54) is 4.31 Å². The van der Waals surface area contributed by atoms with Gasteiger partial charge in [0.25, 0.3) is 10.0 Å². The molecule has 0 spiro atoms. The molecule has 0 aliphatic carbocycles. The average molecular weight is 246 g/mol. The van der Waals surface area contributed by atoms with Gasteiger partial charge in [-0.15, -0.1) is 0 Å². The molecule has 1 aliphatic rings. The molecule has 1 atom stereocenters. The third-order valence-corrected chi connectivity index (χ3v) is 4.81. The molecule has 16 heavy (non-hydrogen) atoms. The predicted octanol–water partition coefficient (Wildman–Crippen LogP) is 0.658. The summed E-state index contributed by atoms with van der Waals surface area (Å²) >= 11 is 0. The summed E-state index contributed by atoms with van der Waals surface area (Å²) in [6.45, 7) is 5.71. The van der Waals surface area contributed by atoms with Gasteiger partial charge in [0.15, 0.2) is 5.76 Å². The Kier molecular flexibility index (Phi) is 2.77. The average Bonchev–Trinajstić information content (AvgIpc) is 2.73. The van der Waals surface area contributed by atoms with E-state index in [0.717, 1.165) is 0 Å². The van der Waals surface area contributed by atoms with Crippen LogP contribution in [0.15, 0.2) is 9.42 Å². The van der Waals surface area contributed by atoms with Crippen molar-refractivity contribution < 1.29 is 17.7 Å². The van der Waals surface area contributed by atoms with Crippen LogP contribution in [0.1, 0.15) is 18.4 Å². The summed E-state index contributed by atoms with van der Waals surface area (Å²) in [6, 6.07) is 0. The van der Waals surface area contributed by atoms with Crippen LogP contribution < -0.4 is 0 Å². The van der Waals surface area contributed by atoms with E-state index in [1.54, 1.807) is 20.8 Å². The lowest BCUT2D eigenvalue weighted by atomic mass is 10.4. The molecule has 1 aromatic rings. The Bertz CT molecular complexity index is 474. The lowest BCUT2D eigenvalue weighted by molar-refractivity contribution is 0.0846. The van der Waals surface area contributed by atoms with Crippen LogP contribution in [0.2, 0.25) is 0 Å². The molecule has 0 bridgehead atoms. The maximum atomic E-state index is 12.3. The van der Waals surface area contributed by atoms with Crippen LogP contribution in [0.3, 0.4) is 0 Å². The monoisotopic (exact) mass is 246 g/mol. The van der Waals surface area contributed by atoms with E-state index >= 15 is 0 Å². The van der Waals surface area contributed by atoms with Gasteiger partial charge in [-0.25, -0.2) is 8.42 Å². The van der Waals surface area contributed by atoms with E-state index in [-0.39, 0.29) is 4.90 Å². The first-order valence-electron chi connectivity index (χ1n) is 5.01. The lowest BCUT2D eigenvalue weighted by Gasteiger charge is -2.18. The number of ether oxygens (including phenoxy) is 1. The van der Waals surface area contributed by atoms with Gasteiger partial charge in [0.1, 0.15) is 16.8 Å². The van der Waals surface area contributed by atoms with Crippen molar-refractivity contribution in [3.8, 4) is 0 Å². The molecule has 7 heteroatoms. The maximum absolute atomic E-state index is 12.3. The molecule has 2 rings (SSSR count). The Hall–Kier alpha value is -0.920. The summed E-state index contributed by atoms with van der Waals surface area (Å²) in [7, 11) is -3.55. The third-order valence-electron chi connectivity index (χ3n) is 2.61. The van der Waals surface area contributed by atoms with Crippen molar-refractivity contribution in [2.45, 2.75) is 31.9 Å². The smallest absolute Gasteiger partial charge is 0.250 e. The SMILES string of the molecule is Cc1noc(C)c1S(=O)(=O)N1CCOC1C. The first kappa shape index (κ1) is 11.6. The molecule has 1 aliphatic heterocycles. The minimum absolute atomic E-state index is 0.157. The van der Waals surface area contributed by atoms with E-state index in [0.29, 0.717) is 24.6 Å². The van der Waals surface area contributed by atoms with Gasteiger partial charge in [0.05, 0.1) is 6.61 Å². The van der Waals surface area contributed by atoms with Crippen LogP contribution >= 0.6 is 0 Å². The van der Waals surface area contributed by atoms with Gasteiger partial charge in [-0.05, 0) is 20.8 Å². The Labute approximate surface area is 94.2 Å². The van der Waals surface area contributed by atoms with Crippen molar-refractivity contribution in [2.24, 2.45) is 0 Å². The third kappa shape index (κ3) is 1.64. The van der Waals surface area contributed by atoms with Crippen LogP contribution in [-0.2, 0) is 14.8 Å². The standard InChI is InChI=1S/C9H14N2O4S/c1-6-9(7(2)15-10-6)16(12,13)11-4-5-14-8(11)3/h8H,4-5H2,1-3H3. The van der Waals surface area contributed by atoms with Gasteiger partial charge in [-0.3, -0.25) is 0 Å². The zero-order valence-corrected chi connectivity index (χ0v) is 10.2. The topological polar surface area (TPSA) is 72.6 Å². The molecule has 1 saturated heterocycles. The molecule has 1 aromatic heterocycles. The minimum atomic E-state index is -3.55. The number of aryl methyl sites for hydroxylation is 2. The Morgan fingerprint density at radius 2 is 2.12 bits per heavy atom. The van der Waals surface area contributed by atoms with E-state index in [4.69, 9.17) is 9.26 Å². The van der Waals surface area contributed by atoms with Gasteiger partial charge >= 0.3 is 0 Å². The molecule has 6 nitrogen and oxygen atoms in total. The van der Waals surface area contributed by atoms with E-state index < -0.39 is 16.3 Å². The molecule has 0 amide bonds. The highest BCUT2D eigenvalue weighted by atomic mass is 32.2. The second-order valence-electron chi connectivity index (χ2n) is 3.74. The van der Waals surface area contributed by atoms with Crippen LogP contribution in [0.4, 0.5) is 0 Å². The van der Waals surface area contributed by atoms with E-state index in [1.807, 2.05) is 0 Å². The van der Waals surface area contributed by atoms with Crippen molar-refractivity contribution in [2.75, 3.05) is 13.2 Å². The van der Waals surface area contributed by atoms with Crippen LogP contribution in [0.5, 0.6) is 0 Å². The van der Waals surface area contributed by atoms with Crippen molar-refractivity contribution in [3.05, 3.63) is 11.5 Å². The highest BCUT2D eigenvalue weighted by Crippen LogP contribution is 2.26.